The van der Waals surface area contributed by atoms with Gasteiger partial charge in [-0.3, -0.25) is 0 Å². The zero-order valence-electron chi connectivity index (χ0n) is 10.6. The number of thiazole rings is 1. The van der Waals surface area contributed by atoms with E-state index in [4.69, 9.17) is 0 Å². The van der Waals surface area contributed by atoms with Crippen molar-refractivity contribution in [1.29, 1.82) is 0 Å². The van der Waals surface area contributed by atoms with Gasteiger partial charge in [0.1, 0.15) is 5.82 Å². The Hall–Kier alpha value is -1.26. The van der Waals surface area contributed by atoms with Crippen molar-refractivity contribution in [2.24, 2.45) is 0 Å². The van der Waals surface area contributed by atoms with Crippen LogP contribution in [0.2, 0.25) is 0 Å². The number of benzene rings is 1. The number of hydrogen-bond acceptors (Lipinski definition) is 3. The van der Waals surface area contributed by atoms with E-state index in [-0.39, 0.29) is 11.9 Å². The van der Waals surface area contributed by atoms with Gasteiger partial charge in [0.2, 0.25) is 0 Å². The maximum absolute atomic E-state index is 13.2. The highest BCUT2D eigenvalue weighted by Crippen LogP contribution is 2.18. The van der Waals surface area contributed by atoms with Crippen LogP contribution in [0.15, 0.2) is 29.6 Å². The van der Waals surface area contributed by atoms with Gasteiger partial charge in [0.15, 0.2) is 0 Å². The molecule has 0 aliphatic heterocycles. The number of halogens is 1. The summed E-state index contributed by atoms with van der Waals surface area (Å²) in [6, 6.07) is 6.94. The number of nitrogens with one attached hydrogen (secondary N) is 1. The molecule has 0 amide bonds. The maximum Gasteiger partial charge on any atom is 0.123 e. The standard InChI is InChI=1S/C14H17FN2S/c1-3-14(11-5-4-6-12(15)7-11)16-8-13-9-18-10(2)17-13/h4-7,9,14,16H,3,8H2,1-2H3. The van der Waals surface area contributed by atoms with E-state index in [1.807, 2.05) is 13.0 Å². The normalized spacial score (nSPS) is 12.6. The molecule has 1 aromatic heterocycles. The fourth-order valence-corrected chi connectivity index (χ4v) is 2.55. The number of rotatable bonds is 5. The summed E-state index contributed by atoms with van der Waals surface area (Å²) in [6.45, 7) is 4.81. The van der Waals surface area contributed by atoms with Crippen molar-refractivity contribution in [3.63, 3.8) is 0 Å². The second-order valence-corrected chi connectivity index (χ2v) is 5.32. The molecule has 1 heterocycles. The van der Waals surface area contributed by atoms with Gasteiger partial charge in [-0.2, -0.15) is 0 Å². The van der Waals surface area contributed by atoms with Gasteiger partial charge in [-0.15, -0.1) is 11.3 Å². The van der Waals surface area contributed by atoms with E-state index in [9.17, 15) is 4.39 Å². The third-order valence-electron chi connectivity index (χ3n) is 2.86. The lowest BCUT2D eigenvalue weighted by Gasteiger charge is -2.16. The van der Waals surface area contributed by atoms with Crippen molar-refractivity contribution < 1.29 is 4.39 Å². The molecule has 0 aliphatic rings. The van der Waals surface area contributed by atoms with Crippen LogP contribution in [0.4, 0.5) is 4.39 Å². The number of nitrogens with zero attached hydrogens (tertiary/aromatic N) is 1. The van der Waals surface area contributed by atoms with E-state index in [1.165, 1.54) is 6.07 Å². The molecule has 0 saturated heterocycles. The first-order valence-electron chi connectivity index (χ1n) is 6.09. The first-order valence-corrected chi connectivity index (χ1v) is 6.97. The third kappa shape index (κ3) is 3.37. The van der Waals surface area contributed by atoms with Crippen molar-refractivity contribution in [3.8, 4) is 0 Å². The minimum atomic E-state index is -0.183. The van der Waals surface area contributed by atoms with E-state index in [1.54, 1.807) is 23.5 Å². The zero-order valence-corrected chi connectivity index (χ0v) is 11.4. The van der Waals surface area contributed by atoms with Gasteiger partial charge in [-0.1, -0.05) is 19.1 Å². The molecule has 0 spiro atoms. The maximum atomic E-state index is 13.2. The van der Waals surface area contributed by atoms with Crippen molar-refractivity contribution in [2.45, 2.75) is 32.9 Å². The highest BCUT2D eigenvalue weighted by Gasteiger charge is 2.10. The number of aromatic nitrogens is 1. The Kier molecular flexibility index (Phi) is 4.44. The van der Waals surface area contributed by atoms with Crippen LogP contribution in [0.3, 0.4) is 0 Å². The lowest BCUT2D eigenvalue weighted by Crippen LogP contribution is -2.20. The minimum absolute atomic E-state index is 0.169. The summed E-state index contributed by atoms with van der Waals surface area (Å²) < 4.78 is 13.2. The van der Waals surface area contributed by atoms with Crippen LogP contribution in [-0.4, -0.2) is 4.98 Å². The second kappa shape index (κ2) is 6.07. The van der Waals surface area contributed by atoms with E-state index >= 15 is 0 Å². The van der Waals surface area contributed by atoms with Gasteiger partial charge < -0.3 is 5.32 Å². The van der Waals surface area contributed by atoms with Gasteiger partial charge in [0, 0.05) is 18.0 Å². The molecule has 4 heteroatoms. The Morgan fingerprint density at radius 3 is 2.89 bits per heavy atom. The highest BCUT2D eigenvalue weighted by atomic mass is 32.1. The summed E-state index contributed by atoms with van der Waals surface area (Å²) in [4.78, 5) is 4.41. The molecule has 1 aromatic carbocycles. The second-order valence-electron chi connectivity index (χ2n) is 4.25. The molecule has 0 aliphatic carbocycles. The number of aryl methyl sites for hydroxylation is 1. The monoisotopic (exact) mass is 264 g/mol. The highest BCUT2D eigenvalue weighted by molar-refractivity contribution is 7.09. The lowest BCUT2D eigenvalue weighted by molar-refractivity contribution is 0.510. The smallest absolute Gasteiger partial charge is 0.123 e. The van der Waals surface area contributed by atoms with Crippen molar-refractivity contribution in [2.75, 3.05) is 0 Å². The molecule has 18 heavy (non-hydrogen) atoms. The average Bonchev–Trinajstić information content (AvgIpc) is 2.76. The van der Waals surface area contributed by atoms with Crippen LogP contribution in [0, 0.1) is 12.7 Å². The van der Waals surface area contributed by atoms with Crippen LogP contribution < -0.4 is 5.32 Å². The molecule has 0 bridgehead atoms. The molecule has 0 saturated carbocycles. The lowest BCUT2D eigenvalue weighted by atomic mass is 10.0. The summed E-state index contributed by atoms with van der Waals surface area (Å²) in [5.41, 5.74) is 2.04. The van der Waals surface area contributed by atoms with Crippen molar-refractivity contribution in [3.05, 3.63) is 51.7 Å². The quantitative estimate of drug-likeness (QED) is 0.887. The van der Waals surface area contributed by atoms with Gasteiger partial charge in [0.05, 0.1) is 10.7 Å². The van der Waals surface area contributed by atoms with Crippen molar-refractivity contribution in [1.82, 2.24) is 10.3 Å². The Morgan fingerprint density at radius 1 is 1.44 bits per heavy atom. The van der Waals surface area contributed by atoms with E-state index < -0.39 is 0 Å². The fraction of sp³-hybridized carbons (Fsp3) is 0.357. The fourth-order valence-electron chi connectivity index (χ4n) is 1.94. The summed E-state index contributed by atoms with van der Waals surface area (Å²) in [7, 11) is 0. The molecule has 0 radical (unpaired) electrons. The van der Waals surface area contributed by atoms with Crippen molar-refractivity contribution >= 4 is 11.3 Å². The Morgan fingerprint density at radius 2 is 2.28 bits per heavy atom. The largest absolute Gasteiger partial charge is 0.304 e. The van der Waals surface area contributed by atoms with Crippen LogP contribution in [0.25, 0.3) is 0 Å². The minimum Gasteiger partial charge on any atom is -0.304 e. The SMILES string of the molecule is CCC(NCc1csc(C)n1)c1cccc(F)c1. The molecule has 96 valence electrons. The summed E-state index contributed by atoms with van der Waals surface area (Å²) >= 11 is 1.65. The summed E-state index contributed by atoms with van der Waals surface area (Å²) in [5, 5.41) is 6.55. The van der Waals surface area contributed by atoms with E-state index in [2.05, 4.69) is 22.6 Å². The summed E-state index contributed by atoms with van der Waals surface area (Å²) in [6.07, 6.45) is 0.923. The Balaban J connectivity index is 2.01. The van der Waals surface area contributed by atoms with Gasteiger partial charge >= 0.3 is 0 Å². The van der Waals surface area contributed by atoms with E-state index in [0.29, 0.717) is 0 Å². The van der Waals surface area contributed by atoms with E-state index in [0.717, 1.165) is 29.2 Å². The summed E-state index contributed by atoms with van der Waals surface area (Å²) in [5.74, 6) is -0.183. The molecule has 1 unspecified atom stereocenters. The Labute approximate surface area is 111 Å². The first kappa shape index (κ1) is 13.2. The molecule has 1 N–H and O–H groups in total. The van der Waals surface area contributed by atoms with Gasteiger partial charge in [-0.25, -0.2) is 9.37 Å². The zero-order chi connectivity index (χ0) is 13.0. The van der Waals surface area contributed by atoms with Crippen LogP contribution in [0.1, 0.15) is 35.7 Å². The predicted molar refractivity (Wildman–Crippen MR) is 73.1 cm³/mol. The topological polar surface area (TPSA) is 24.9 Å². The Bertz CT molecular complexity index is 510. The van der Waals surface area contributed by atoms with Gasteiger partial charge in [0.25, 0.3) is 0 Å². The molecule has 2 aromatic rings. The van der Waals surface area contributed by atoms with Crippen LogP contribution in [-0.2, 0) is 6.54 Å². The molecular formula is C14H17FN2S. The average molecular weight is 264 g/mol. The number of hydrogen-bond donors (Lipinski definition) is 1. The third-order valence-corrected chi connectivity index (χ3v) is 3.68. The van der Waals surface area contributed by atoms with Crippen LogP contribution in [0.5, 0.6) is 0 Å². The van der Waals surface area contributed by atoms with Crippen LogP contribution >= 0.6 is 11.3 Å². The predicted octanol–water partition coefficient (Wildman–Crippen LogP) is 3.83. The molecule has 2 rings (SSSR count). The first-order chi connectivity index (χ1) is 8.69. The van der Waals surface area contributed by atoms with Gasteiger partial charge in [-0.05, 0) is 31.0 Å². The molecule has 0 fully saturated rings. The molecule has 1 atom stereocenters. The molecule has 2 nitrogen and oxygen atoms in total. The molecular weight excluding hydrogens is 247 g/mol.